The highest BCUT2D eigenvalue weighted by atomic mass is 16.5. The summed E-state index contributed by atoms with van der Waals surface area (Å²) in [6.07, 6.45) is 13.3. The van der Waals surface area contributed by atoms with Crippen LogP contribution in [-0.2, 0) is 16.0 Å². The number of allylic oxidation sites excluding steroid dienone is 1. The first-order valence-electron chi connectivity index (χ1n) is 8.95. The quantitative estimate of drug-likeness (QED) is 0.576. The molecule has 0 fully saturated rings. The summed E-state index contributed by atoms with van der Waals surface area (Å²) >= 11 is 0. The van der Waals surface area contributed by atoms with Crippen molar-refractivity contribution in [1.82, 2.24) is 0 Å². The predicted molar refractivity (Wildman–Crippen MR) is 95.6 cm³/mol. The van der Waals surface area contributed by atoms with Gasteiger partial charge in [-0.1, -0.05) is 37.1 Å². The van der Waals surface area contributed by atoms with Gasteiger partial charge in [-0.05, 0) is 56.7 Å². The summed E-state index contributed by atoms with van der Waals surface area (Å²) in [7, 11) is 0. The van der Waals surface area contributed by atoms with Crippen LogP contribution in [0.15, 0.2) is 36.4 Å². The monoisotopic (exact) mass is 315 g/mol. The molecule has 0 saturated heterocycles. The normalized spacial score (nSPS) is 18.0. The molecule has 1 aromatic carbocycles. The number of anilines is 1. The summed E-state index contributed by atoms with van der Waals surface area (Å²) in [6.45, 7) is 2.31. The smallest absolute Gasteiger partial charge is 0.305 e. The van der Waals surface area contributed by atoms with Crippen LogP contribution in [0.1, 0.15) is 57.4 Å². The van der Waals surface area contributed by atoms with E-state index in [1.54, 1.807) is 0 Å². The Labute approximate surface area is 140 Å². The Bertz CT molecular complexity index is 493. The summed E-state index contributed by atoms with van der Waals surface area (Å²) in [5.41, 5.74) is 2.45. The lowest BCUT2D eigenvalue weighted by molar-refractivity contribution is -0.143. The molecule has 0 aliphatic heterocycles. The maximum Gasteiger partial charge on any atom is 0.305 e. The van der Waals surface area contributed by atoms with Crippen molar-refractivity contribution >= 4 is 11.7 Å². The molecule has 0 spiro atoms. The van der Waals surface area contributed by atoms with E-state index in [0.29, 0.717) is 19.1 Å². The van der Waals surface area contributed by atoms with Gasteiger partial charge in [0.2, 0.25) is 0 Å². The molecule has 1 atom stereocenters. The molecule has 0 radical (unpaired) electrons. The molecule has 1 aromatic rings. The van der Waals surface area contributed by atoms with Gasteiger partial charge in [0.05, 0.1) is 6.61 Å². The average molecular weight is 315 g/mol. The van der Waals surface area contributed by atoms with Gasteiger partial charge < -0.3 is 10.1 Å². The Morgan fingerprint density at radius 1 is 1.22 bits per heavy atom. The summed E-state index contributed by atoms with van der Waals surface area (Å²) in [5.74, 6) is -0.0955. The lowest BCUT2D eigenvalue weighted by atomic mass is 10.0. The van der Waals surface area contributed by atoms with Crippen LogP contribution in [0.25, 0.3) is 0 Å². The fraction of sp³-hybridized carbons (Fsp3) is 0.550. The van der Waals surface area contributed by atoms with Crippen LogP contribution < -0.4 is 5.32 Å². The van der Waals surface area contributed by atoms with Crippen LogP contribution in [0, 0.1) is 0 Å². The number of aryl methyl sites for hydroxylation is 1. The maximum absolute atomic E-state index is 11.3. The summed E-state index contributed by atoms with van der Waals surface area (Å²) < 4.78 is 4.95. The van der Waals surface area contributed by atoms with Crippen molar-refractivity contribution in [3.05, 3.63) is 42.0 Å². The Kier molecular flexibility index (Phi) is 7.71. The fourth-order valence-electron chi connectivity index (χ4n) is 2.93. The van der Waals surface area contributed by atoms with Gasteiger partial charge in [0.1, 0.15) is 0 Å². The van der Waals surface area contributed by atoms with E-state index in [2.05, 4.69) is 41.7 Å². The van der Waals surface area contributed by atoms with E-state index in [1.807, 2.05) is 6.92 Å². The van der Waals surface area contributed by atoms with Gasteiger partial charge in [-0.2, -0.15) is 0 Å². The zero-order valence-electron chi connectivity index (χ0n) is 14.2. The number of carbonyl (C=O) groups is 1. The average Bonchev–Trinajstić information content (AvgIpc) is 2.52. The Morgan fingerprint density at radius 3 is 2.83 bits per heavy atom. The minimum absolute atomic E-state index is 0.0955. The number of hydrogen-bond donors (Lipinski definition) is 1. The number of hydrogen-bond acceptors (Lipinski definition) is 3. The van der Waals surface area contributed by atoms with Gasteiger partial charge in [-0.15, -0.1) is 0 Å². The van der Waals surface area contributed by atoms with Gasteiger partial charge in [-0.3, -0.25) is 4.79 Å². The van der Waals surface area contributed by atoms with Crippen LogP contribution in [0.4, 0.5) is 5.69 Å². The number of rotatable bonds is 7. The van der Waals surface area contributed by atoms with Gasteiger partial charge in [-0.25, -0.2) is 0 Å². The van der Waals surface area contributed by atoms with Gasteiger partial charge in [0, 0.05) is 18.2 Å². The van der Waals surface area contributed by atoms with Crippen molar-refractivity contribution in [2.45, 2.75) is 64.3 Å². The number of carbonyl (C=O) groups excluding carboxylic acids is 1. The zero-order valence-corrected chi connectivity index (χ0v) is 14.2. The van der Waals surface area contributed by atoms with Gasteiger partial charge in [0.25, 0.3) is 0 Å². The summed E-state index contributed by atoms with van der Waals surface area (Å²) in [4.78, 5) is 11.3. The second kappa shape index (κ2) is 10.1. The van der Waals surface area contributed by atoms with Crippen molar-refractivity contribution in [2.24, 2.45) is 0 Å². The molecule has 0 aromatic heterocycles. The molecule has 23 heavy (non-hydrogen) atoms. The van der Waals surface area contributed by atoms with Crippen LogP contribution in [0.3, 0.4) is 0 Å². The topological polar surface area (TPSA) is 38.3 Å². The lowest BCUT2D eigenvalue weighted by Crippen LogP contribution is -2.17. The van der Waals surface area contributed by atoms with Crippen molar-refractivity contribution in [3.8, 4) is 0 Å². The third-order valence-corrected chi connectivity index (χ3v) is 4.21. The summed E-state index contributed by atoms with van der Waals surface area (Å²) in [6, 6.07) is 9.05. The molecule has 0 heterocycles. The third-order valence-electron chi connectivity index (χ3n) is 4.21. The molecule has 1 unspecified atom stereocenters. The molecule has 3 heteroatoms. The number of ether oxygens (including phenoxy) is 1. The standard InChI is InChI=1S/C20H29NO2/c1-2-23-20(22)12-8-9-17-13-15-19(16-14-17)21-18-10-6-4-3-5-7-11-18/h6,10,13-16,18,21H,2-5,7-9,11-12H2,1H3. The maximum atomic E-state index is 11.3. The largest absolute Gasteiger partial charge is 0.466 e. The fourth-order valence-corrected chi connectivity index (χ4v) is 2.93. The van der Waals surface area contributed by atoms with Gasteiger partial charge >= 0.3 is 5.97 Å². The second-order valence-electron chi connectivity index (χ2n) is 6.17. The van der Waals surface area contributed by atoms with Crippen LogP contribution in [-0.4, -0.2) is 18.6 Å². The van der Waals surface area contributed by atoms with Crippen LogP contribution in [0.2, 0.25) is 0 Å². The Balaban J connectivity index is 1.77. The SMILES string of the molecule is CCOC(=O)CCCc1ccc(NC2C=CCCCCC2)cc1. The second-order valence-corrected chi connectivity index (χ2v) is 6.17. The summed E-state index contributed by atoms with van der Waals surface area (Å²) in [5, 5.41) is 3.61. The number of esters is 1. The van der Waals surface area contributed by atoms with Crippen molar-refractivity contribution in [3.63, 3.8) is 0 Å². The molecule has 1 N–H and O–H groups in total. The highest BCUT2D eigenvalue weighted by Crippen LogP contribution is 2.18. The van der Waals surface area contributed by atoms with Crippen LogP contribution in [0.5, 0.6) is 0 Å². The molecule has 126 valence electrons. The van der Waals surface area contributed by atoms with E-state index < -0.39 is 0 Å². The number of benzene rings is 1. The van der Waals surface area contributed by atoms with Crippen molar-refractivity contribution < 1.29 is 9.53 Å². The van der Waals surface area contributed by atoms with E-state index in [1.165, 1.54) is 43.4 Å². The number of nitrogens with one attached hydrogen (secondary N) is 1. The van der Waals surface area contributed by atoms with Crippen molar-refractivity contribution in [2.75, 3.05) is 11.9 Å². The van der Waals surface area contributed by atoms with E-state index in [0.717, 1.165) is 12.8 Å². The minimum Gasteiger partial charge on any atom is -0.466 e. The van der Waals surface area contributed by atoms with Crippen LogP contribution >= 0.6 is 0 Å². The highest BCUT2D eigenvalue weighted by molar-refractivity contribution is 5.69. The lowest BCUT2D eigenvalue weighted by Gasteiger charge is -2.18. The molecule has 1 aliphatic carbocycles. The van der Waals surface area contributed by atoms with Gasteiger partial charge in [0.15, 0.2) is 0 Å². The van der Waals surface area contributed by atoms with E-state index in [9.17, 15) is 4.79 Å². The van der Waals surface area contributed by atoms with E-state index in [-0.39, 0.29) is 5.97 Å². The molecule has 0 amide bonds. The third kappa shape index (κ3) is 6.89. The first-order valence-corrected chi connectivity index (χ1v) is 8.95. The molecule has 2 rings (SSSR count). The first kappa shape index (κ1) is 17.6. The molecule has 3 nitrogen and oxygen atoms in total. The van der Waals surface area contributed by atoms with E-state index >= 15 is 0 Å². The zero-order chi connectivity index (χ0) is 16.3. The van der Waals surface area contributed by atoms with E-state index in [4.69, 9.17) is 4.74 Å². The minimum atomic E-state index is -0.0955. The Morgan fingerprint density at radius 2 is 2.04 bits per heavy atom. The Hall–Kier alpha value is -1.77. The molecular weight excluding hydrogens is 286 g/mol. The molecule has 1 aliphatic rings. The molecule has 0 bridgehead atoms. The van der Waals surface area contributed by atoms with Crippen molar-refractivity contribution in [1.29, 1.82) is 0 Å². The first-order chi connectivity index (χ1) is 11.3. The highest BCUT2D eigenvalue weighted by Gasteiger charge is 2.07. The molecular formula is C20H29NO2. The molecule has 0 saturated carbocycles. The predicted octanol–water partition coefficient (Wildman–Crippen LogP) is 4.87.